The van der Waals surface area contributed by atoms with E-state index >= 15 is 0 Å². The Morgan fingerprint density at radius 1 is 1.06 bits per heavy atom. The standard InChI is InChI=1S/C25H30N4O3S/c1-4-33(31,32)27(3)20-14-16-28(17-15-20)25(30)23-18-29(21-11-6-5-7-12-21)26-24(23)22-13-9-8-10-19(22)2/h5-13,18,20H,4,14-17H2,1-3H3. The number of nitrogens with zero attached hydrogens (tertiary/aromatic N) is 4. The molecule has 174 valence electrons. The predicted molar refractivity (Wildman–Crippen MR) is 130 cm³/mol. The van der Waals surface area contributed by atoms with E-state index in [1.54, 1.807) is 24.9 Å². The first-order chi connectivity index (χ1) is 15.8. The highest BCUT2D eigenvalue weighted by Crippen LogP contribution is 2.29. The lowest BCUT2D eigenvalue weighted by molar-refractivity contribution is 0.0687. The van der Waals surface area contributed by atoms with Gasteiger partial charge in [-0.1, -0.05) is 42.5 Å². The number of hydrogen-bond donors (Lipinski definition) is 0. The van der Waals surface area contributed by atoms with Crippen LogP contribution in [0.5, 0.6) is 0 Å². The molecule has 0 bridgehead atoms. The van der Waals surface area contributed by atoms with Gasteiger partial charge in [-0.3, -0.25) is 4.79 Å². The number of piperidine rings is 1. The molecule has 2 heterocycles. The van der Waals surface area contributed by atoms with Gasteiger partial charge in [-0.05, 0) is 44.4 Å². The van der Waals surface area contributed by atoms with Crippen molar-refractivity contribution in [3.8, 4) is 16.9 Å². The summed E-state index contributed by atoms with van der Waals surface area (Å²) in [6, 6.07) is 17.6. The zero-order valence-corrected chi connectivity index (χ0v) is 20.1. The first kappa shape index (κ1) is 23.2. The molecule has 7 nitrogen and oxygen atoms in total. The number of benzene rings is 2. The normalized spacial score (nSPS) is 15.2. The van der Waals surface area contributed by atoms with Crippen molar-refractivity contribution in [2.45, 2.75) is 32.7 Å². The van der Waals surface area contributed by atoms with Crippen molar-refractivity contribution in [2.75, 3.05) is 25.9 Å². The van der Waals surface area contributed by atoms with E-state index in [1.165, 1.54) is 4.31 Å². The van der Waals surface area contributed by atoms with E-state index in [9.17, 15) is 13.2 Å². The van der Waals surface area contributed by atoms with Gasteiger partial charge in [0.15, 0.2) is 0 Å². The van der Waals surface area contributed by atoms with Crippen LogP contribution in [0.25, 0.3) is 16.9 Å². The van der Waals surface area contributed by atoms with E-state index in [2.05, 4.69) is 0 Å². The number of para-hydroxylation sites is 1. The van der Waals surface area contributed by atoms with Crippen molar-refractivity contribution in [3.05, 3.63) is 71.9 Å². The van der Waals surface area contributed by atoms with Gasteiger partial charge in [-0.25, -0.2) is 17.4 Å². The molecule has 1 aliphatic heterocycles. The number of amides is 1. The molecule has 0 unspecified atom stereocenters. The molecule has 1 fully saturated rings. The number of hydrogen-bond acceptors (Lipinski definition) is 4. The minimum atomic E-state index is -3.25. The summed E-state index contributed by atoms with van der Waals surface area (Å²) < 4.78 is 27.7. The molecule has 4 rings (SSSR count). The Balaban J connectivity index is 1.63. The Hall–Kier alpha value is -2.97. The second-order valence-corrected chi connectivity index (χ2v) is 10.7. The van der Waals surface area contributed by atoms with E-state index < -0.39 is 10.0 Å². The number of aromatic nitrogens is 2. The Bertz CT molecular complexity index is 1230. The van der Waals surface area contributed by atoms with Gasteiger partial charge >= 0.3 is 0 Å². The maximum Gasteiger partial charge on any atom is 0.257 e. The molecule has 0 aliphatic carbocycles. The lowest BCUT2D eigenvalue weighted by atomic mass is 10.0. The molecule has 2 aromatic carbocycles. The van der Waals surface area contributed by atoms with Crippen LogP contribution in [0.15, 0.2) is 60.8 Å². The maximum absolute atomic E-state index is 13.6. The van der Waals surface area contributed by atoms with Crippen LogP contribution in [-0.4, -0.2) is 65.2 Å². The van der Waals surface area contributed by atoms with Gasteiger partial charge in [0.05, 0.1) is 17.0 Å². The first-order valence-electron chi connectivity index (χ1n) is 11.3. The fraction of sp³-hybridized carbons (Fsp3) is 0.360. The molecule has 0 spiro atoms. The molecule has 0 atom stereocenters. The second kappa shape index (κ2) is 9.49. The van der Waals surface area contributed by atoms with E-state index in [1.807, 2.05) is 66.4 Å². The summed E-state index contributed by atoms with van der Waals surface area (Å²) in [5, 5.41) is 4.80. The number of sulfonamides is 1. The van der Waals surface area contributed by atoms with Crippen LogP contribution in [0.4, 0.5) is 0 Å². The van der Waals surface area contributed by atoms with Crippen LogP contribution in [-0.2, 0) is 10.0 Å². The molecule has 0 saturated carbocycles. The van der Waals surface area contributed by atoms with Crippen molar-refractivity contribution in [1.82, 2.24) is 19.0 Å². The fourth-order valence-electron chi connectivity index (χ4n) is 4.31. The quantitative estimate of drug-likeness (QED) is 0.555. The molecule has 3 aromatic rings. The molecule has 0 N–H and O–H groups in total. The van der Waals surface area contributed by atoms with Crippen molar-refractivity contribution >= 4 is 15.9 Å². The van der Waals surface area contributed by atoms with Crippen molar-refractivity contribution < 1.29 is 13.2 Å². The third-order valence-electron chi connectivity index (χ3n) is 6.44. The Labute approximate surface area is 195 Å². The van der Waals surface area contributed by atoms with E-state index in [-0.39, 0.29) is 17.7 Å². The summed E-state index contributed by atoms with van der Waals surface area (Å²) in [4.78, 5) is 15.4. The first-order valence-corrected chi connectivity index (χ1v) is 12.9. The Morgan fingerprint density at radius 3 is 2.33 bits per heavy atom. The molecule has 1 amide bonds. The van der Waals surface area contributed by atoms with Crippen molar-refractivity contribution in [1.29, 1.82) is 0 Å². The average Bonchev–Trinajstić information content (AvgIpc) is 3.29. The second-order valence-electron chi connectivity index (χ2n) is 8.43. The van der Waals surface area contributed by atoms with Crippen molar-refractivity contribution in [2.24, 2.45) is 0 Å². The zero-order valence-electron chi connectivity index (χ0n) is 19.3. The third kappa shape index (κ3) is 4.72. The van der Waals surface area contributed by atoms with Crippen LogP contribution in [0.3, 0.4) is 0 Å². The Morgan fingerprint density at radius 2 is 1.70 bits per heavy atom. The molecule has 33 heavy (non-hydrogen) atoms. The van der Waals surface area contributed by atoms with Crippen LogP contribution in [0, 0.1) is 6.92 Å². The van der Waals surface area contributed by atoms with Gasteiger partial charge in [-0.15, -0.1) is 0 Å². The number of aryl methyl sites for hydroxylation is 1. The van der Waals surface area contributed by atoms with E-state index in [0.29, 0.717) is 37.2 Å². The summed E-state index contributed by atoms with van der Waals surface area (Å²) in [6.07, 6.45) is 3.04. The molecule has 8 heteroatoms. The van der Waals surface area contributed by atoms with E-state index in [4.69, 9.17) is 5.10 Å². The van der Waals surface area contributed by atoms with Gasteiger partial charge in [0.2, 0.25) is 10.0 Å². The summed E-state index contributed by atoms with van der Waals surface area (Å²) in [5.74, 6) is 0.0102. The van der Waals surface area contributed by atoms with Crippen molar-refractivity contribution in [3.63, 3.8) is 0 Å². The molecular weight excluding hydrogens is 436 g/mol. The monoisotopic (exact) mass is 466 g/mol. The van der Waals surface area contributed by atoms with Crippen LogP contribution in [0.2, 0.25) is 0 Å². The largest absolute Gasteiger partial charge is 0.338 e. The zero-order chi connectivity index (χ0) is 23.6. The smallest absolute Gasteiger partial charge is 0.257 e. The number of carbonyl (C=O) groups is 1. The van der Waals surface area contributed by atoms with Gasteiger partial charge in [0.1, 0.15) is 5.69 Å². The summed E-state index contributed by atoms with van der Waals surface area (Å²) in [6.45, 7) is 4.69. The maximum atomic E-state index is 13.6. The minimum absolute atomic E-state index is 0.0742. The number of rotatable bonds is 6. The Kier molecular flexibility index (Phi) is 6.67. The SMILES string of the molecule is CCS(=O)(=O)N(C)C1CCN(C(=O)c2cn(-c3ccccc3)nc2-c2ccccc2C)CC1. The van der Waals surface area contributed by atoms with Crippen LogP contribution < -0.4 is 0 Å². The number of likely N-dealkylation sites (tertiary alicyclic amines) is 1. The fourth-order valence-corrected chi connectivity index (χ4v) is 5.39. The number of carbonyl (C=O) groups excluding carboxylic acids is 1. The topological polar surface area (TPSA) is 75.5 Å². The minimum Gasteiger partial charge on any atom is -0.338 e. The highest BCUT2D eigenvalue weighted by molar-refractivity contribution is 7.89. The average molecular weight is 467 g/mol. The van der Waals surface area contributed by atoms with Crippen LogP contribution in [0.1, 0.15) is 35.7 Å². The highest BCUT2D eigenvalue weighted by atomic mass is 32.2. The predicted octanol–water partition coefficient (Wildman–Crippen LogP) is 3.73. The van der Waals surface area contributed by atoms with Gasteiger partial charge in [0, 0.05) is 37.9 Å². The lowest BCUT2D eigenvalue weighted by Gasteiger charge is -2.36. The lowest BCUT2D eigenvalue weighted by Crippen LogP contribution is -2.47. The van der Waals surface area contributed by atoms with E-state index in [0.717, 1.165) is 16.8 Å². The van der Waals surface area contributed by atoms with Crippen LogP contribution >= 0.6 is 0 Å². The van der Waals surface area contributed by atoms with Gasteiger partial charge in [0.25, 0.3) is 5.91 Å². The molecule has 1 aromatic heterocycles. The van der Waals surface area contributed by atoms with Gasteiger partial charge < -0.3 is 4.90 Å². The van der Waals surface area contributed by atoms with Gasteiger partial charge in [-0.2, -0.15) is 5.10 Å². The summed E-state index contributed by atoms with van der Waals surface area (Å²) in [5.41, 5.74) is 4.08. The molecule has 0 radical (unpaired) electrons. The molecular formula is C25H30N4O3S. The molecule has 1 saturated heterocycles. The summed E-state index contributed by atoms with van der Waals surface area (Å²) >= 11 is 0. The highest BCUT2D eigenvalue weighted by Gasteiger charge is 2.32. The third-order valence-corrected chi connectivity index (χ3v) is 8.34. The molecule has 1 aliphatic rings. The summed E-state index contributed by atoms with van der Waals surface area (Å²) in [7, 11) is -1.61.